The van der Waals surface area contributed by atoms with Gasteiger partial charge in [0.2, 0.25) is 0 Å². The monoisotopic (exact) mass is 239 g/mol. The van der Waals surface area contributed by atoms with Gasteiger partial charge in [-0.15, -0.1) is 0 Å². The lowest BCUT2D eigenvalue weighted by Crippen LogP contribution is -2.29. The zero-order valence-corrected chi connectivity index (χ0v) is 9.27. The molecule has 1 aliphatic rings. The van der Waals surface area contributed by atoms with E-state index in [1.54, 1.807) is 0 Å². The molecule has 1 unspecified atom stereocenters. The summed E-state index contributed by atoms with van der Waals surface area (Å²) in [5, 5.41) is 18.5. The largest absolute Gasteiger partial charge is 0.507 e. The fourth-order valence-corrected chi connectivity index (χ4v) is 2.02. The van der Waals surface area contributed by atoms with Gasteiger partial charge < -0.3 is 15.1 Å². The predicted molar refractivity (Wildman–Crippen MR) is 59.2 cm³/mol. The Hall–Kier alpha value is -1.62. The number of carbonyl (C=O) groups is 1. The van der Waals surface area contributed by atoms with Gasteiger partial charge in [-0.05, 0) is 24.6 Å². The summed E-state index contributed by atoms with van der Waals surface area (Å²) in [6.07, 6.45) is 0.734. The summed E-state index contributed by atoms with van der Waals surface area (Å²) in [6.45, 7) is 1.02. The average molecular weight is 239 g/mol. The number of aliphatic hydroxyl groups is 1. The fraction of sp³-hybridized carbons (Fsp3) is 0.417. The second kappa shape index (κ2) is 4.71. The van der Waals surface area contributed by atoms with Crippen molar-refractivity contribution in [1.82, 2.24) is 4.90 Å². The maximum Gasteiger partial charge on any atom is 0.257 e. The van der Waals surface area contributed by atoms with Crippen molar-refractivity contribution in [2.75, 3.05) is 19.7 Å². The first-order valence-electron chi connectivity index (χ1n) is 5.50. The van der Waals surface area contributed by atoms with Crippen LogP contribution in [0.4, 0.5) is 4.39 Å². The number of nitrogens with zero attached hydrogens (tertiary/aromatic N) is 1. The van der Waals surface area contributed by atoms with Crippen LogP contribution in [0.25, 0.3) is 0 Å². The third kappa shape index (κ3) is 2.39. The van der Waals surface area contributed by atoms with Crippen molar-refractivity contribution < 1.29 is 19.4 Å². The van der Waals surface area contributed by atoms with Crippen molar-refractivity contribution in [3.8, 4) is 5.75 Å². The second-order valence-electron chi connectivity index (χ2n) is 4.25. The summed E-state index contributed by atoms with van der Waals surface area (Å²) in [5.74, 6) is -1.08. The average Bonchev–Trinajstić information content (AvgIpc) is 2.80. The lowest BCUT2D eigenvalue weighted by molar-refractivity contribution is 0.0778. The first kappa shape index (κ1) is 11.9. The highest BCUT2D eigenvalue weighted by Gasteiger charge is 2.27. The number of rotatable bonds is 2. The number of phenolic OH excluding ortho intramolecular Hbond substituents is 1. The van der Waals surface area contributed by atoms with Crippen LogP contribution < -0.4 is 0 Å². The Morgan fingerprint density at radius 1 is 1.53 bits per heavy atom. The Kier molecular flexibility index (Phi) is 3.28. The number of amides is 1. The number of carbonyl (C=O) groups excluding carboxylic acids is 1. The van der Waals surface area contributed by atoms with Gasteiger partial charge in [0.25, 0.3) is 5.91 Å². The van der Waals surface area contributed by atoms with Gasteiger partial charge in [0.05, 0.1) is 5.56 Å². The summed E-state index contributed by atoms with van der Waals surface area (Å²) in [6, 6.07) is 3.30. The molecule has 1 aliphatic heterocycles. The van der Waals surface area contributed by atoms with Gasteiger partial charge in [-0.25, -0.2) is 4.39 Å². The zero-order valence-electron chi connectivity index (χ0n) is 9.27. The molecule has 0 spiro atoms. The SMILES string of the molecule is O=C(c1cc(F)ccc1O)N1CCC(CO)C1. The Morgan fingerprint density at radius 2 is 2.29 bits per heavy atom. The number of likely N-dealkylation sites (tertiary alicyclic amines) is 1. The molecule has 1 heterocycles. The van der Waals surface area contributed by atoms with E-state index in [0.29, 0.717) is 13.1 Å². The first-order chi connectivity index (χ1) is 8.11. The standard InChI is InChI=1S/C12H14FNO3/c13-9-1-2-11(16)10(5-9)12(17)14-4-3-8(6-14)7-15/h1-2,5,8,15-16H,3-4,6-7H2. The molecule has 1 aromatic carbocycles. The van der Waals surface area contributed by atoms with Crippen LogP contribution in [0.2, 0.25) is 0 Å². The topological polar surface area (TPSA) is 60.8 Å². The molecule has 0 saturated carbocycles. The van der Waals surface area contributed by atoms with Crippen LogP contribution in [0.3, 0.4) is 0 Å². The van der Waals surface area contributed by atoms with E-state index in [1.165, 1.54) is 11.0 Å². The number of phenols is 1. The molecule has 17 heavy (non-hydrogen) atoms. The molecule has 4 nitrogen and oxygen atoms in total. The molecule has 5 heteroatoms. The Labute approximate surface area is 98.3 Å². The van der Waals surface area contributed by atoms with Crippen molar-refractivity contribution in [1.29, 1.82) is 0 Å². The maximum atomic E-state index is 13.0. The lowest BCUT2D eigenvalue weighted by Gasteiger charge is -2.16. The van der Waals surface area contributed by atoms with Crippen molar-refractivity contribution in [2.45, 2.75) is 6.42 Å². The third-order valence-electron chi connectivity index (χ3n) is 3.02. The van der Waals surface area contributed by atoms with Crippen molar-refractivity contribution >= 4 is 5.91 Å². The quantitative estimate of drug-likeness (QED) is 0.809. The number of hydrogen-bond acceptors (Lipinski definition) is 3. The summed E-state index contributed by atoms with van der Waals surface area (Å²) in [5.41, 5.74) is -0.0245. The molecule has 1 saturated heterocycles. The molecule has 1 aromatic rings. The van der Waals surface area contributed by atoms with E-state index in [4.69, 9.17) is 5.11 Å². The van der Waals surface area contributed by atoms with E-state index < -0.39 is 11.7 Å². The number of aromatic hydroxyl groups is 1. The molecular formula is C12H14FNO3. The van der Waals surface area contributed by atoms with Crippen LogP contribution in [0.15, 0.2) is 18.2 Å². The minimum atomic E-state index is -0.552. The summed E-state index contributed by atoms with van der Waals surface area (Å²) < 4.78 is 13.0. The minimum absolute atomic E-state index is 0.0245. The highest BCUT2D eigenvalue weighted by atomic mass is 19.1. The van der Waals surface area contributed by atoms with E-state index in [9.17, 15) is 14.3 Å². The highest BCUT2D eigenvalue weighted by Crippen LogP contribution is 2.23. The van der Waals surface area contributed by atoms with Gasteiger partial charge >= 0.3 is 0 Å². The maximum absolute atomic E-state index is 13.0. The normalized spacial score (nSPS) is 19.6. The number of aliphatic hydroxyl groups excluding tert-OH is 1. The van der Waals surface area contributed by atoms with Gasteiger partial charge in [-0.3, -0.25) is 4.79 Å². The molecule has 2 rings (SSSR count). The predicted octanol–water partition coefficient (Wildman–Crippen LogP) is 0.986. The minimum Gasteiger partial charge on any atom is -0.507 e. The molecule has 1 amide bonds. The zero-order chi connectivity index (χ0) is 12.4. The van der Waals surface area contributed by atoms with Crippen LogP contribution >= 0.6 is 0 Å². The van der Waals surface area contributed by atoms with Crippen LogP contribution in [-0.4, -0.2) is 40.7 Å². The lowest BCUT2D eigenvalue weighted by atomic mass is 10.1. The van der Waals surface area contributed by atoms with Crippen LogP contribution in [0.1, 0.15) is 16.8 Å². The Bertz CT molecular complexity index is 436. The molecule has 92 valence electrons. The van der Waals surface area contributed by atoms with Gasteiger partial charge in [-0.2, -0.15) is 0 Å². The Morgan fingerprint density at radius 3 is 2.94 bits per heavy atom. The van der Waals surface area contributed by atoms with E-state index in [2.05, 4.69) is 0 Å². The van der Waals surface area contributed by atoms with E-state index in [-0.39, 0.29) is 23.8 Å². The molecule has 0 radical (unpaired) electrons. The summed E-state index contributed by atoms with van der Waals surface area (Å²) in [7, 11) is 0. The van der Waals surface area contributed by atoms with Gasteiger partial charge in [0, 0.05) is 25.6 Å². The fourth-order valence-electron chi connectivity index (χ4n) is 2.02. The molecule has 1 atom stereocenters. The van der Waals surface area contributed by atoms with Crippen LogP contribution in [-0.2, 0) is 0 Å². The van der Waals surface area contributed by atoms with Crippen molar-refractivity contribution in [2.24, 2.45) is 5.92 Å². The van der Waals surface area contributed by atoms with E-state index in [0.717, 1.165) is 18.6 Å². The van der Waals surface area contributed by atoms with Crippen molar-refractivity contribution in [3.63, 3.8) is 0 Å². The summed E-state index contributed by atoms with van der Waals surface area (Å²) in [4.78, 5) is 13.5. The van der Waals surface area contributed by atoms with Crippen LogP contribution in [0, 0.1) is 11.7 Å². The summed E-state index contributed by atoms with van der Waals surface area (Å²) >= 11 is 0. The van der Waals surface area contributed by atoms with E-state index >= 15 is 0 Å². The second-order valence-corrected chi connectivity index (χ2v) is 4.25. The molecule has 1 fully saturated rings. The third-order valence-corrected chi connectivity index (χ3v) is 3.02. The molecule has 0 bridgehead atoms. The number of hydrogen-bond donors (Lipinski definition) is 2. The van der Waals surface area contributed by atoms with Crippen molar-refractivity contribution in [3.05, 3.63) is 29.6 Å². The smallest absolute Gasteiger partial charge is 0.257 e. The number of benzene rings is 1. The molecular weight excluding hydrogens is 225 g/mol. The number of halogens is 1. The van der Waals surface area contributed by atoms with E-state index in [1.807, 2.05) is 0 Å². The van der Waals surface area contributed by atoms with Gasteiger partial charge in [0.1, 0.15) is 11.6 Å². The molecule has 0 aliphatic carbocycles. The van der Waals surface area contributed by atoms with Gasteiger partial charge in [0.15, 0.2) is 0 Å². The highest BCUT2D eigenvalue weighted by molar-refractivity contribution is 5.97. The first-order valence-corrected chi connectivity index (χ1v) is 5.50. The van der Waals surface area contributed by atoms with Gasteiger partial charge in [-0.1, -0.05) is 0 Å². The molecule has 2 N–H and O–H groups in total. The molecule has 0 aromatic heterocycles. The van der Waals surface area contributed by atoms with Crippen LogP contribution in [0.5, 0.6) is 5.75 Å². The Balaban J connectivity index is 2.17.